The Morgan fingerprint density at radius 3 is 3.06 bits per heavy atom. The quantitative estimate of drug-likeness (QED) is 0.767. The monoisotopic (exact) mass is 235 g/mol. The van der Waals surface area contributed by atoms with Crippen molar-refractivity contribution in [3.05, 3.63) is 18.2 Å². The van der Waals surface area contributed by atoms with Crippen molar-refractivity contribution in [1.82, 2.24) is 14.9 Å². The van der Waals surface area contributed by atoms with Crippen LogP contribution in [-0.2, 0) is 6.54 Å². The normalized spacial score (nSPS) is 20.6. The standard InChI is InChI=1S/C14H25N3/c1-2-3-4-7-10-17-12-15-11-14(17)13-8-5-6-9-16-13/h11-13,16H,2-10H2,1H3. The lowest BCUT2D eigenvalue weighted by atomic mass is 10.0. The Balaban J connectivity index is 1.87. The van der Waals surface area contributed by atoms with Gasteiger partial charge in [-0.1, -0.05) is 32.6 Å². The van der Waals surface area contributed by atoms with E-state index in [1.807, 2.05) is 12.5 Å². The van der Waals surface area contributed by atoms with Gasteiger partial charge < -0.3 is 9.88 Å². The summed E-state index contributed by atoms with van der Waals surface area (Å²) in [6.45, 7) is 4.55. The number of imidazole rings is 1. The van der Waals surface area contributed by atoms with Crippen LogP contribution in [0, 0.1) is 0 Å². The third kappa shape index (κ3) is 3.56. The van der Waals surface area contributed by atoms with Crippen molar-refractivity contribution in [2.24, 2.45) is 0 Å². The van der Waals surface area contributed by atoms with Gasteiger partial charge in [0.2, 0.25) is 0 Å². The molecule has 1 N–H and O–H groups in total. The average Bonchev–Trinajstić information content (AvgIpc) is 2.84. The molecule has 2 rings (SSSR count). The largest absolute Gasteiger partial charge is 0.333 e. The summed E-state index contributed by atoms with van der Waals surface area (Å²) in [6.07, 6.45) is 13.3. The minimum Gasteiger partial charge on any atom is -0.333 e. The highest BCUT2D eigenvalue weighted by atomic mass is 15.1. The van der Waals surface area contributed by atoms with Gasteiger partial charge in [-0.2, -0.15) is 0 Å². The van der Waals surface area contributed by atoms with Gasteiger partial charge in [0.15, 0.2) is 0 Å². The van der Waals surface area contributed by atoms with E-state index >= 15 is 0 Å². The summed E-state index contributed by atoms with van der Waals surface area (Å²) in [5.41, 5.74) is 1.39. The van der Waals surface area contributed by atoms with E-state index < -0.39 is 0 Å². The Morgan fingerprint density at radius 2 is 2.29 bits per heavy atom. The van der Waals surface area contributed by atoms with E-state index in [9.17, 15) is 0 Å². The number of piperidine rings is 1. The summed E-state index contributed by atoms with van der Waals surface area (Å²) in [7, 11) is 0. The predicted molar refractivity (Wildman–Crippen MR) is 71.0 cm³/mol. The molecular formula is C14H25N3. The number of unbranched alkanes of at least 4 members (excludes halogenated alkanes) is 3. The van der Waals surface area contributed by atoms with Crippen molar-refractivity contribution in [2.45, 2.75) is 64.5 Å². The van der Waals surface area contributed by atoms with Crippen LogP contribution >= 0.6 is 0 Å². The number of aryl methyl sites for hydroxylation is 1. The average molecular weight is 235 g/mol. The number of nitrogens with one attached hydrogen (secondary N) is 1. The molecule has 0 amide bonds. The van der Waals surface area contributed by atoms with E-state index in [2.05, 4.69) is 21.8 Å². The fraction of sp³-hybridized carbons (Fsp3) is 0.786. The lowest BCUT2D eigenvalue weighted by Gasteiger charge is -2.24. The van der Waals surface area contributed by atoms with Crippen LogP contribution in [0.25, 0.3) is 0 Å². The summed E-state index contributed by atoms with van der Waals surface area (Å²) in [5.74, 6) is 0. The fourth-order valence-electron chi connectivity index (χ4n) is 2.62. The molecule has 0 spiro atoms. The highest BCUT2D eigenvalue weighted by Gasteiger charge is 2.17. The van der Waals surface area contributed by atoms with Gasteiger partial charge in [-0.25, -0.2) is 4.98 Å². The molecular weight excluding hydrogens is 210 g/mol. The van der Waals surface area contributed by atoms with Crippen LogP contribution in [0.3, 0.4) is 0 Å². The molecule has 0 saturated carbocycles. The second-order valence-corrected chi connectivity index (χ2v) is 5.08. The smallest absolute Gasteiger partial charge is 0.0948 e. The van der Waals surface area contributed by atoms with Gasteiger partial charge in [-0.15, -0.1) is 0 Å². The van der Waals surface area contributed by atoms with Crippen LogP contribution in [0.4, 0.5) is 0 Å². The molecule has 1 saturated heterocycles. The maximum atomic E-state index is 4.32. The Hall–Kier alpha value is -0.830. The third-order valence-electron chi connectivity index (χ3n) is 3.66. The van der Waals surface area contributed by atoms with Crippen molar-refractivity contribution in [3.8, 4) is 0 Å². The Morgan fingerprint density at radius 1 is 1.35 bits per heavy atom. The van der Waals surface area contributed by atoms with Crippen molar-refractivity contribution in [3.63, 3.8) is 0 Å². The van der Waals surface area contributed by atoms with Gasteiger partial charge in [0, 0.05) is 18.8 Å². The maximum absolute atomic E-state index is 4.32. The number of hydrogen-bond acceptors (Lipinski definition) is 2. The van der Waals surface area contributed by atoms with Gasteiger partial charge in [-0.3, -0.25) is 0 Å². The zero-order valence-electron chi connectivity index (χ0n) is 11.0. The molecule has 3 nitrogen and oxygen atoms in total. The molecule has 0 aromatic carbocycles. The van der Waals surface area contributed by atoms with Crippen LogP contribution < -0.4 is 5.32 Å². The van der Waals surface area contributed by atoms with Crippen LogP contribution in [0.2, 0.25) is 0 Å². The van der Waals surface area contributed by atoms with E-state index in [0.29, 0.717) is 6.04 Å². The Labute approximate surface area is 105 Å². The molecule has 2 heterocycles. The van der Waals surface area contributed by atoms with Crippen LogP contribution in [-0.4, -0.2) is 16.1 Å². The zero-order chi connectivity index (χ0) is 11.9. The summed E-state index contributed by atoms with van der Waals surface area (Å²) >= 11 is 0. The van der Waals surface area contributed by atoms with Gasteiger partial charge in [0.05, 0.1) is 12.0 Å². The lowest BCUT2D eigenvalue weighted by molar-refractivity contribution is 0.391. The lowest BCUT2D eigenvalue weighted by Crippen LogP contribution is -2.28. The Kier molecular flexibility index (Phi) is 5.05. The van der Waals surface area contributed by atoms with Crippen molar-refractivity contribution in [1.29, 1.82) is 0 Å². The first-order valence-corrected chi connectivity index (χ1v) is 7.15. The van der Waals surface area contributed by atoms with E-state index in [0.717, 1.165) is 13.1 Å². The second kappa shape index (κ2) is 6.80. The van der Waals surface area contributed by atoms with Crippen LogP contribution in [0.1, 0.15) is 63.6 Å². The number of aromatic nitrogens is 2. The second-order valence-electron chi connectivity index (χ2n) is 5.08. The summed E-state index contributed by atoms with van der Waals surface area (Å²) in [5, 5.41) is 3.60. The molecule has 1 aromatic heterocycles. The highest BCUT2D eigenvalue weighted by molar-refractivity contribution is 5.06. The SMILES string of the molecule is CCCCCCn1cncc1C1CCCCN1. The van der Waals surface area contributed by atoms with Gasteiger partial charge in [-0.05, 0) is 25.8 Å². The first kappa shape index (κ1) is 12.6. The van der Waals surface area contributed by atoms with Gasteiger partial charge >= 0.3 is 0 Å². The highest BCUT2D eigenvalue weighted by Crippen LogP contribution is 2.22. The van der Waals surface area contributed by atoms with E-state index in [1.54, 1.807) is 0 Å². The minimum absolute atomic E-state index is 0.539. The molecule has 1 aliphatic heterocycles. The van der Waals surface area contributed by atoms with E-state index in [-0.39, 0.29) is 0 Å². The first-order valence-electron chi connectivity index (χ1n) is 7.15. The van der Waals surface area contributed by atoms with E-state index in [4.69, 9.17) is 0 Å². The van der Waals surface area contributed by atoms with Crippen molar-refractivity contribution < 1.29 is 0 Å². The molecule has 17 heavy (non-hydrogen) atoms. The molecule has 1 atom stereocenters. The molecule has 0 radical (unpaired) electrons. The Bertz CT molecular complexity index is 313. The van der Waals surface area contributed by atoms with Crippen molar-refractivity contribution >= 4 is 0 Å². The van der Waals surface area contributed by atoms with Gasteiger partial charge in [0.25, 0.3) is 0 Å². The predicted octanol–water partition coefficient (Wildman–Crippen LogP) is 3.28. The molecule has 0 aliphatic carbocycles. The van der Waals surface area contributed by atoms with Crippen molar-refractivity contribution in [2.75, 3.05) is 6.54 Å². The molecule has 1 aliphatic rings. The third-order valence-corrected chi connectivity index (χ3v) is 3.66. The topological polar surface area (TPSA) is 29.9 Å². The summed E-state index contributed by atoms with van der Waals surface area (Å²) in [4.78, 5) is 4.32. The van der Waals surface area contributed by atoms with Crippen LogP contribution in [0.5, 0.6) is 0 Å². The number of rotatable bonds is 6. The number of nitrogens with zero attached hydrogens (tertiary/aromatic N) is 2. The molecule has 0 bridgehead atoms. The molecule has 1 fully saturated rings. The maximum Gasteiger partial charge on any atom is 0.0948 e. The summed E-state index contributed by atoms with van der Waals surface area (Å²) < 4.78 is 2.35. The van der Waals surface area contributed by atoms with Gasteiger partial charge in [0.1, 0.15) is 0 Å². The van der Waals surface area contributed by atoms with E-state index in [1.165, 1.54) is 50.6 Å². The molecule has 96 valence electrons. The molecule has 3 heteroatoms. The summed E-state index contributed by atoms with van der Waals surface area (Å²) in [6, 6.07) is 0.539. The van der Waals surface area contributed by atoms with Crippen LogP contribution in [0.15, 0.2) is 12.5 Å². The zero-order valence-corrected chi connectivity index (χ0v) is 11.0. The fourth-order valence-corrected chi connectivity index (χ4v) is 2.62. The molecule has 1 aromatic rings. The number of hydrogen-bond donors (Lipinski definition) is 1. The first-order chi connectivity index (χ1) is 8.42. The minimum atomic E-state index is 0.539. The molecule has 1 unspecified atom stereocenters.